The number of carboxylic acids is 1. The van der Waals surface area contributed by atoms with Gasteiger partial charge in [0.2, 0.25) is 0 Å². The molecule has 2 N–H and O–H groups in total. The van der Waals surface area contributed by atoms with Crippen LogP contribution in [0.1, 0.15) is 24.3 Å². The van der Waals surface area contributed by atoms with Crippen LogP contribution in [0.4, 0.5) is 4.39 Å². The van der Waals surface area contributed by atoms with Crippen LogP contribution in [0.3, 0.4) is 0 Å². The molecule has 0 aliphatic carbocycles. The molecule has 0 aliphatic heterocycles. The second-order valence-corrected chi connectivity index (χ2v) is 4.80. The molecule has 5 nitrogen and oxygen atoms in total. The number of hydrogen-bond donors (Lipinski definition) is 2. The predicted molar refractivity (Wildman–Crippen MR) is 72.1 cm³/mol. The van der Waals surface area contributed by atoms with E-state index in [0.717, 1.165) is 0 Å². The van der Waals surface area contributed by atoms with Gasteiger partial charge in [0.1, 0.15) is 18.1 Å². The van der Waals surface area contributed by atoms with Gasteiger partial charge >= 0.3 is 5.97 Å². The average molecular weight is 278 g/mol. The number of aromatic amines is 1. The molecule has 0 unspecified atom stereocenters. The van der Waals surface area contributed by atoms with E-state index in [-0.39, 0.29) is 11.7 Å². The van der Waals surface area contributed by atoms with Crippen molar-refractivity contribution < 1.29 is 19.1 Å². The fourth-order valence-electron chi connectivity index (χ4n) is 2.02. The summed E-state index contributed by atoms with van der Waals surface area (Å²) in [7, 11) is 0. The molecule has 2 rings (SSSR count). The van der Waals surface area contributed by atoms with Crippen LogP contribution in [0.25, 0.3) is 10.9 Å². The van der Waals surface area contributed by atoms with Crippen LogP contribution in [0.5, 0.6) is 0 Å². The number of carbonyl (C=O) groups is 2. The van der Waals surface area contributed by atoms with Gasteiger partial charge in [-0.1, -0.05) is 6.07 Å². The number of carboxylic acid groups (broad SMARTS) is 1. The molecule has 1 aromatic carbocycles. The highest BCUT2D eigenvalue weighted by atomic mass is 19.1. The molecule has 1 aromatic heterocycles. The van der Waals surface area contributed by atoms with E-state index in [2.05, 4.69) is 4.98 Å². The Labute approximate surface area is 115 Å². The molecule has 0 saturated heterocycles. The monoisotopic (exact) mass is 278 g/mol. The highest BCUT2D eigenvalue weighted by Gasteiger charge is 2.23. The van der Waals surface area contributed by atoms with E-state index in [9.17, 15) is 14.0 Å². The van der Waals surface area contributed by atoms with Crippen molar-refractivity contribution >= 4 is 22.8 Å². The molecule has 0 fully saturated rings. The van der Waals surface area contributed by atoms with Crippen molar-refractivity contribution in [3.63, 3.8) is 0 Å². The van der Waals surface area contributed by atoms with Crippen LogP contribution in [0.2, 0.25) is 0 Å². The Morgan fingerprint density at radius 1 is 1.40 bits per heavy atom. The molecule has 0 atom stereocenters. The van der Waals surface area contributed by atoms with Crippen LogP contribution in [-0.2, 0) is 4.79 Å². The maximum atomic E-state index is 13.6. The number of nitrogens with zero attached hydrogens (tertiary/aromatic N) is 1. The lowest BCUT2D eigenvalue weighted by molar-refractivity contribution is -0.138. The maximum absolute atomic E-state index is 13.6. The molecule has 0 aliphatic rings. The molecule has 2 aromatic rings. The number of benzene rings is 1. The predicted octanol–water partition coefficient (Wildman–Crippen LogP) is 2.24. The van der Waals surface area contributed by atoms with Crippen LogP contribution >= 0.6 is 0 Å². The summed E-state index contributed by atoms with van der Waals surface area (Å²) in [4.78, 5) is 27.2. The second kappa shape index (κ2) is 5.32. The number of fused-ring (bicyclic) bond motifs is 1. The largest absolute Gasteiger partial charge is 0.480 e. The molecule has 1 amide bonds. The quantitative estimate of drug-likeness (QED) is 0.900. The fraction of sp³-hybridized carbons (Fsp3) is 0.286. The molecule has 0 spiro atoms. The minimum Gasteiger partial charge on any atom is -0.480 e. The van der Waals surface area contributed by atoms with E-state index >= 15 is 0 Å². The topological polar surface area (TPSA) is 73.4 Å². The van der Waals surface area contributed by atoms with Gasteiger partial charge < -0.3 is 15.0 Å². The Balaban J connectivity index is 2.38. The lowest BCUT2D eigenvalue weighted by Gasteiger charge is -2.24. The van der Waals surface area contributed by atoms with Crippen molar-refractivity contribution in [1.82, 2.24) is 9.88 Å². The highest BCUT2D eigenvalue weighted by Crippen LogP contribution is 2.20. The van der Waals surface area contributed by atoms with Crippen molar-refractivity contribution in [2.45, 2.75) is 19.9 Å². The van der Waals surface area contributed by atoms with Gasteiger partial charge in [-0.25, -0.2) is 4.39 Å². The third-order valence-electron chi connectivity index (χ3n) is 3.03. The third kappa shape index (κ3) is 2.64. The second-order valence-electron chi connectivity index (χ2n) is 4.80. The number of amides is 1. The first-order valence-electron chi connectivity index (χ1n) is 6.20. The summed E-state index contributed by atoms with van der Waals surface area (Å²) in [6, 6.07) is 5.65. The van der Waals surface area contributed by atoms with Gasteiger partial charge in [-0.05, 0) is 32.0 Å². The first kappa shape index (κ1) is 14.0. The van der Waals surface area contributed by atoms with Gasteiger partial charge in [0.25, 0.3) is 5.91 Å². The van der Waals surface area contributed by atoms with Gasteiger partial charge in [-0.2, -0.15) is 0 Å². The molecule has 6 heteroatoms. The summed E-state index contributed by atoms with van der Waals surface area (Å²) in [5, 5.41) is 9.16. The van der Waals surface area contributed by atoms with E-state index in [0.29, 0.717) is 10.9 Å². The summed E-state index contributed by atoms with van der Waals surface area (Å²) in [5.74, 6) is -1.97. The Bertz CT molecular complexity index is 663. The lowest BCUT2D eigenvalue weighted by atomic mass is 10.2. The van der Waals surface area contributed by atoms with Gasteiger partial charge in [-0.15, -0.1) is 0 Å². The summed E-state index contributed by atoms with van der Waals surface area (Å²) in [5.41, 5.74) is 0.687. The van der Waals surface area contributed by atoms with Gasteiger partial charge in [0.15, 0.2) is 0 Å². The number of aromatic nitrogens is 1. The van der Waals surface area contributed by atoms with Gasteiger partial charge in [0.05, 0.1) is 0 Å². The van der Waals surface area contributed by atoms with Crippen molar-refractivity contribution in [2.75, 3.05) is 6.54 Å². The summed E-state index contributed by atoms with van der Waals surface area (Å²) in [6.07, 6.45) is 0. The zero-order chi connectivity index (χ0) is 14.9. The van der Waals surface area contributed by atoms with E-state index in [1.54, 1.807) is 26.0 Å². The number of aliphatic carboxylic acids is 1. The van der Waals surface area contributed by atoms with Crippen molar-refractivity contribution in [1.29, 1.82) is 0 Å². The molecule has 0 bridgehead atoms. The number of carbonyl (C=O) groups excluding carboxylic acids is 1. The molecule has 20 heavy (non-hydrogen) atoms. The number of rotatable bonds is 4. The van der Waals surface area contributed by atoms with Crippen molar-refractivity contribution in [3.8, 4) is 0 Å². The van der Waals surface area contributed by atoms with E-state index < -0.39 is 24.2 Å². The number of H-pyrrole nitrogens is 1. The van der Waals surface area contributed by atoms with Crippen LogP contribution in [0.15, 0.2) is 24.3 Å². The Morgan fingerprint density at radius 2 is 2.10 bits per heavy atom. The van der Waals surface area contributed by atoms with Crippen molar-refractivity contribution in [3.05, 3.63) is 35.8 Å². The van der Waals surface area contributed by atoms with Crippen LogP contribution in [-0.4, -0.2) is 39.5 Å². The number of nitrogens with one attached hydrogen (secondary N) is 1. The number of hydrogen-bond acceptors (Lipinski definition) is 2. The zero-order valence-electron chi connectivity index (χ0n) is 11.2. The van der Waals surface area contributed by atoms with E-state index in [4.69, 9.17) is 5.11 Å². The Hall–Kier alpha value is -2.37. The van der Waals surface area contributed by atoms with Crippen molar-refractivity contribution in [2.24, 2.45) is 0 Å². The molecular formula is C14H15FN2O3. The molecule has 1 heterocycles. The smallest absolute Gasteiger partial charge is 0.323 e. The standard InChI is InChI=1S/C14H15FN2O3/c1-8(2)17(7-13(18)19)14(20)12-6-9-10(15)4-3-5-11(9)16-12/h3-6,8,16H,7H2,1-2H3,(H,18,19). The minimum absolute atomic E-state index is 0.181. The fourth-order valence-corrected chi connectivity index (χ4v) is 2.02. The van der Waals surface area contributed by atoms with E-state index in [1.165, 1.54) is 17.0 Å². The van der Waals surface area contributed by atoms with Gasteiger partial charge in [-0.3, -0.25) is 9.59 Å². The molecular weight excluding hydrogens is 263 g/mol. The average Bonchev–Trinajstić information content (AvgIpc) is 2.80. The van der Waals surface area contributed by atoms with Crippen LogP contribution in [0, 0.1) is 5.82 Å². The SMILES string of the molecule is CC(C)N(CC(=O)O)C(=O)c1cc2c(F)cccc2[nH]1. The highest BCUT2D eigenvalue weighted by molar-refractivity contribution is 5.99. The Kier molecular flexibility index (Phi) is 3.74. The normalized spacial score (nSPS) is 11.0. The Morgan fingerprint density at radius 3 is 2.65 bits per heavy atom. The molecule has 0 radical (unpaired) electrons. The summed E-state index contributed by atoms with van der Waals surface area (Å²) in [6.45, 7) is 3.06. The molecule has 106 valence electrons. The summed E-state index contributed by atoms with van der Waals surface area (Å²) >= 11 is 0. The maximum Gasteiger partial charge on any atom is 0.323 e. The van der Waals surface area contributed by atoms with E-state index in [1.807, 2.05) is 0 Å². The van der Waals surface area contributed by atoms with Crippen LogP contribution < -0.4 is 0 Å². The first-order valence-corrected chi connectivity index (χ1v) is 6.20. The van der Waals surface area contributed by atoms with Gasteiger partial charge in [0, 0.05) is 16.9 Å². The lowest BCUT2D eigenvalue weighted by Crippen LogP contribution is -2.40. The zero-order valence-corrected chi connectivity index (χ0v) is 11.2. The third-order valence-corrected chi connectivity index (χ3v) is 3.03. The molecule has 0 saturated carbocycles. The first-order chi connectivity index (χ1) is 9.40. The minimum atomic E-state index is -1.09. The summed E-state index contributed by atoms with van der Waals surface area (Å²) < 4.78 is 13.6. The number of halogens is 1.